The van der Waals surface area contributed by atoms with Gasteiger partial charge in [0, 0.05) is 0 Å². The molecule has 2 nitrogen and oxygen atoms in total. The zero-order chi connectivity index (χ0) is 24.0. The molecule has 0 aliphatic carbocycles. The Balaban J connectivity index is 0.000000331. The van der Waals surface area contributed by atoms with E-state index in [4.69, 9.17) is 0 Å². The molecule has 0 aromatic heterocycles. The summed E-state index contributed by atoms with van der Waals surface area (Å²) in [6, 6.07) is 15.4. The van der Waals surface area contributed by atoms with Crippen LogP contribution in [0.2, 0.25) is 0 Å². The molecule has 0 saturated carbocycles. The van der Waals surface area contributed by atoms with Crippen molar-refractivity contribution in [2.45, 2.75) is 123 Å². The fourth-order valence-electron chi connectivity index (χ4n) is 4.17. The first-order chi connectivity index (χ1) is 16.2. The van der Waals surface area contributed by atoms with Crippen LogP contribution in [0.1, 0.15) is 121 Å². The molecule has 0 aliphatic heterocycles. The topological polar surface area (TPSA) is 40.5 Å². The van der Waals surface area contributed by atoms with Gasteiger partial charge < -0.3 is 10.2 Å². The van der Waals surface area contributed by atoms with Crippen molar-refractivity contribution in [3.8, 4) is 11.5 Å². The van der Waals surface area contributed by atoms with Crippen LogP contribution >= 0.6 is 0 Å². The maximum absolute atomic E-state index is 9.61. The first-order valence-electron chi connectivity index (χ1n) is 13.7. The lowest BCUT2D eigenvalue weighted by Gasteiger charge is -2.04. The summed E-state index contributed by atoms with van der Waals surface area (Å²) in [4.78, 5) is 0. The highest BCUT2D eigenvalue weighted by Gasteiger charge is 2.00. The first kappa shape index (κ1) is 29.1. The third kappa shape index (κ3) is 15.5. The van der Waals surface area contributed by atoms with Gasteiger partial charge in [-0.3, -0.25) is 0 Å². The minimum Gasteiger partial charge on any atom is -0.508 e. The number of rotatable bonds is 17. The minimum atomic E-state index is 0.452. The number of benzene rings is 2. The molecule has 2 aromatic carbocycles. The van der Waals surface area contributed by atoms with Gasteiger partial charge in [-0.05, 0) is 48.9 Å². The summed E-state index contributed by atoms with van der Waals surface area (Å²) < 4.78 is 0. The predicted octanol–water partition coefficient (Wildman–Crippen LogP) is 9.76. The predicted molar refractivity (Wildman–Crippen MR) is 144 cm³/mol. The summed E-state index contributed by atoms with van der Waals surface area (Å²) in [7, 11) is 0. The summed E-state index contributed by atoms with van der Waals surface area (Å²) in [5, 5.41) is 19.2. The monoisotopic (exact) mass is 454 g/mol. The second-order valence-electron chi connectivity index (χ2n) is 9.35. The van der Waals surface area contributed by atoms with Gasteiger partial charge in [-0.15, -0.1) is 0 Å². The fraction of sp³-hybridized carbons (Fsp3) is 0.613. The molecule has 33 heavy (non-hydrogen) atoms. The molecular formula is C31H50O2. The smallest absolute Gasteiger partial charge is 0.118 e. The first-order valence-corrected chi connectivity index (χ1v) is 13.7. The quantitative estimate of drug-likeness (QED) is 0.233. The molecular weight excluding hydrogens is 404 g/mol. The lowest BCUT2D eigenvalue weighted by molar-refractivity contribution is 0.465. The van der Waals surface area contributed by atoms with E-state index in [1.807, 2.05) is 36.4 Å². The minimum absolute atomic E-state index is 0.452. The lowest BCUT2D eigenvalue weighted by atomic mass is 10.0. The Morgan fingerprint density at radius 3 is 1.06 bits per heavy atom. The van der Waals surface area contributed by atoms with E-state index < -0.39 is 0 Å². The van der Waals surface area contributed by atoms with E-state index in [0.717, 1.165) is 24.0 Å². The number of unbranched alkanes of at least 4 members (excludes halogenated alkanes) is 13. The van der Waals surface area contributed by atoms with E-state index >= 15 is 0 Å². The molecule has 0 heterocycles. The standard InChI is InChI=1S/C16H26O.C15H24O/c1-2-3-4-5-6-7-8-9-12-15-13-10-11-14-16(15)17;1-2-3-4-5-6-7-8-11-14-12-9-10-13-15(14)16/h10-11,13-14,17H,2-9,12H2,1H3;9-10,12-13,16H,2-8,11H2,1H3. The number of aryl methyl sites for hydroxylation is 2. The van der Waals surface area contributed by atoms with E-state index in [1.165, 1.54) is 96.3 Å². The van der Waals surface area contributed by atoms with Crippen LogP contribution in [-0.4, -0.2) is 10.2 Å². The molecule has 2 N–H and O–H groups in total. The summed E-state index contributed by atoms with van der Waals surface area (Å²) in [5.41, 5.74) is 2.19. The Kier molecular flexibility index (Phi) is 18.2. The Morgan fingerprint density at radius 1 is 0.424 bits per heavy atom. The van der Waals surface area contributed by atoms with Crippen molar-refractivity contribution in [2.75, 3.05) is 0 Å². The van der Waals surface area contributed by atoms with E-state index in [1.54, 1.807) is 12.1 Å². The van der Waals surface area contributed by atoms with Crippen LogP contribution in [0, 0.1) is 0 Å². The number of phenols is 2. The molecule has 0 aliphatic rings. The molecule has 0 amide bonds. The molecule has 2 aromatic rings. The van der Waals surface area contributed by atoms with E-state index in [0.29, 0.717) is 11.5 Å². The van der Waals surface area contributed by atoms with Crippen molar-refractivity contribution in [1.29, 1.82) is 0 Å². The van der Waals surface area contributed by atoms with Gasteiger partial charge in [-0.2, -0.15) is 0 Å². The van der Waals surface area contributed by atoms with Crippen LogP contribution in [-0.2, 0) is 12.8 Å². The Hall–Kier alpha value is -1.96. The van der Waals surface area contributed by atoms with E-state index in [9.17, 15) is 10.2 Å². The zero-order valence-corrected chi connectivity index (χ0v) is 21.5. The van der Waals surface area contributed by atoms with Crippen molar-refractivity contribution in [3.05, 3.63) is 59.7 Å². The molecule has 0 atom stereocenters. The van der Waals surface area contributed by atoms with Crippen LogP contribution in [0.15, 0.2) is 48.5 Å². The van der Waals surface area contributed by atoms with Gasteiger partial charge in [-0.1, -0.05) is 134 Å². The van der Waals surface area contributed by atoms with Crippen LogP contribution < -0.4 is 0 Å². The molecule has 0 radical (unpaired) electrons. The molecule has 0 saturated heterocycles. The summed E-state index contributed by atoms with van der Waals surface area (Å²) in [6.45, 7) is 4.50. The van der Waals surface area contributed by atoms with Gasteiger partial charge >= 0.3 is 0 Å². The zero-order valence-electron chi connectivity index (χ0n) is 21.5. The number of phenolic OH excluding ortho intramolecular Hbond substituents is 2. The van der Waals surface area contributed by atoms with Crippen molar-refractivity contribution in [2.24, 2.45) is 0 Å². The van der Waals surface area contributed by atoms with Crippen LogP contribution in [0.4, 0.5) is 0 Å². The summed E-state index contributed by atoms with van der Waals surface area (Å²) >= 11 is 0. The number of hydrogen-bond donors (Lipinski definition) is 2. The van der Waals surface area contributed by atoms with Crippen LogP contribution in [0.25, 0.3) is 0 Å². The lowest BCUT2D eigenvalue weighted by Crippen LogP contribution is -1.87. The number of hydrogen-bond acceptors (Lipinski definition) is 2. The van der Waals surface area contributed by atoms with Crippen molar-refractivity contribution >= 4 is 0 Å². The van der Waals surface area contributed by atoms with Gasteiger partial charge in [0.05, 0.1) is 0 Å². The largest absolute Gasteiger partial charge is 0.508 e. The SMILES string of the molecule is CCCCCCCCCCc1ccccc1O.CCCCCCCCCc1ccccc1O. The van der Waals surface area contributed by atoms with Gasteiger partial charge in [0.25, 0.3) is 0 Å². The molecule has 0 spiro atoms. The molecule has 186 valence electrons. The maximum Gasteiger partial charge on any atom is 0.118 e. The second-order valence-corrected chi connectivity index (χ2v) is 9.35. The Labute approximate surface area is 204 Å². The van der Waals surface area contributed by atoms with Crippen molar-refractivity contribution in [3.63, 3.8) is 0 Å². The second kappa shape index (κ2) is 20.6. The molecule has 2 heteroatoms. The van der Waals surface area contributed by atoms with Gasteiger partial charge in [0.1, 0.15) is 11.5 Å². The average Bonchev–Trinajstić information content (AvgIpc) is 2.83. The molecule has 2 rings (SSSR count). The normalized spacial score (nSPS) is 10.6. The summed E-state index contributed by atoms with van der Waals surface area (Å²) in [5.74, 6) is 0.906. The van der Waals surface area contributed by atoms with Crippen LogP contribution in [0.5, 0.6) is 11.5 Å². The van der Waals surface area contributed by atoms with E-state index in [-0.39, 0.29) is 0 Å². The van der Waals surface area contributed by atoms with Crippen molar-refractivity contribution < 1.29 is 10.2 Å². The highest BCUT2D eigenvalue weighted by Crippen LogP contribution is 2.20. The average molecular weight is 455 g/mol. The summed E-state index contributed by atoms with van der Waals surface area (Å²) in [6.07, 6.45) is 22.0. The Bertz CT molecular complexity index is 695. The fourth-order valence-corrected chi connectivity index (χ4v) is 4.17. The third-order valence-electron chi connectivity index (χ3n) is 6.33. The molecule has 0 fully saturated rings. The number of aromatic hydroxyl groups is 2. The highest BCUT2D eigenvalue weighted by molar-refractivity contribution is 5.32. The Morgan fingerprint density at radius 2 is 0.727 bits per heavy atom. The third-order valence-corrected chi connectivity index (χ3v) is 6.33. The molecule has 0 unspecified atom stereocenters. The van der Waals surface area contributed by atoms with E-state index in [2.05, 4.69) is 13.8 Å². The van der Waals surface area contributed by atoms with Gasteiger partial charge in [0.15, 0.2) is 0 Å². The maximum atomic E-state index is 9.61. The number of para-hydroxylation sites is 2. The van der Waals surface area contributed by atoms with Crippen molar-refractivity contribution in [1.82, 2.24) is 0 Å². The van der Waals surface area contributed by atoms with Gasteiger partial charge in [-0.25, -0.2) is 0 Å². The highest BCUT2D eigenvalue weighted by atomic mass is 16.3. The molecule has 0 bridgehead atoms. The van der Waals surface area contributed by atoms with Crippen LogP contribution in [0.3, 0.4) is 0 Å². The van der Waals surface area contributed by atoms with Gasteiger partial charge in [0.2, 0.25) is 0 Å².